The molecule has 4 N–H and O–H groups in total. The zero-order valence-electron chi connectivity index (χ0n) is 25.9. The Balaban J connectivity index is 0. The molecular weight excluding hydrogens is 498 g/mol. The average molecular weight is 566 g/mol. The van der Waals surface area contributed by atoms with Gasteiger partial charge in [0.2, 0.25) is 0 Å². The van der Waals surface area contributed by atoms with E-state index in [0.29, 0.717) is 0 Å². The zero-order chi connectivity index (χ0) is 27.8. The van der Waals surface area contributed by atoms with Gasteiger partial charge in [0.05, 0.1) is 50.6 Å². The fraction of sp³-hybridized carbons (Fsp3) is 1.00. The topological polar surface area (TPSA) is 80.9 Å². The standard InChI is InChI=1S/C32H68NO4.ClH/c1-29(34)21-13-5-9-17-25-33(26-18-10-6-14-22-30(2)35,27-19-11-7-15-23-31(3)36)28-20-12-8-16-24-32(4)37;/h29-32,34-37H,5-28H2,1-4H3;1H/q+1;/p-1. The molecular formula is C32H68ClNO4. The molecule has 0 rings (SSSR count). The van der Waals surface area contributed by atoms with Crippen LogP contribution >= 0.6 is 0 Å². The molecule has 0 saturated heterocycles. The first-order valence-electron chi connectivity index (χ1n) is 16.2. The molecule has 6 heteroatoms. The number of aliphatic hydroxyl groups is 4. The van der Waals surface area contributed by atoms with E-state index in [2.05, 4.69) is 0 Å². The van der Waals surface area contributed by atoms with Gasteiger partial charge in [0.1, 0.15) is 0 Å². The minimum atomic E-state index is -0.175. The molecule has 0 radical (unpaired) electrons. The summed E-state index contributed by atoms with van der Waals surface area (Å²) in [6.07, 6.45) is 22.6. The predicted molar refractivity (Wildman–Crippen MR) is 159 cm³/mol. The predicted octanol–water partition coefficient (Wildman–Crippen LogP) is 4.13. The van der Waals surface area contributed by atoms with Gasteiger partial charge >= 0.3 is 0 Å². The van der Waals surface area contributed by atoms with Gasteiger partial charge in [-0.3, -0.25) is 0 Å². The molecule has 232 valence electrons. The average Bonchev–Trinajstić information content (AvgIpc) is 2.82. The first kappa shape index (κ1) is 40.2. The van der Waals surface area contributed by atoms with Crippen molar-refractivity contribution in [3.05, 3.63) is 0 Å². The molecule has 4 atom stereocenters. The normalized spacial score (nSPS) is 16.4. The molecule has 0 aromatic rings. The van der Waals surface area contributed by atoms with Gasteiger partial charge < -0.3 is 37.3 Å². The maximum atomic E-state index is 9.56. The van der Waals surface area contributed by atoms with Crippen molar-refractivity contribution in [1.29, 1.82) is 0 Å². The summed E-state index contributed by atoms with van der Waals surface area (Å²) in [6, 6.07) is 0. The van der Waals surface area contributed by atoms with E-state index < -0.39 is 0 Å². The van der Waals surface area contributed by atoms with Crippen molar-refractivity contribution in [3.8, 4) is 0 Å². The second-order valence-electron chi connectivity index (χ2n) is 12.4. The first-order valence-corrected chi connectivity index (χ1v) is 16.2. The number of rotatable bonds is 28. The van der Waals surface area contributed by atoms with Crippen LogP contribution in [0.15, 0.2) is 0 Å². The molecule has 0 spiro atoms. The lowest BCUT2D eigenvalue weighted by molar-refractivity contribution is -0.929. The number of nitrogens with zero attached hydrogens (tertiary/aromatic N) is 1. The van der Waals surface area contributed by atoms with Crippen LogP contribution in [0.25, 0.3) is 0 Å². The molecule has 5 nitrogen and oxygen atoms in total. The Bertz CT molecular complexity index is 389. The van der Waals surface area contributed by atoms with E-state index in [9.17, 15) is 20.4 Å². The second kappa shape index (κ2) is 27.3. The molecule has 0 aliphatic carbocycles. The molecule has 4 unspecified atom stereocenters. The maximum Gasteiger partial charge on any atom is 0.0786 e. The van der Waals surface area contributed by atoms with Gasteiger partial charge in [0, 0.05) is 0 Å². The van der Waals surface area contributed by atoms with Gasteiger partial charge in [0.25, 0.3) is 0 Å². The Morgan fingerprint density at radius 1 is 0.342 bits per heavy atom. The summed E-state index contributed by atoms with van der Waals surface area (Å²) in [5.41, 5.74) is 0. The summed E-state index contributed by atoms with van der Waals surface area (Å²) >= 11 is 0. The lowest BCUT2D eigenvalue weighted by Gasteiger charge is -2.40. The number of hydrogen-bond acceptors (Lipinski definition) is 4. The van der Waals surface area contributed by atoms with Crippen molar-refractivity contribution >= 4 is 0 Å². The Labute approximate surface area is 243 Å². The number of halogens is 1. The summed E-state index contributed by atoms with van der Waals surface area (Å²) in [7, 11) is 0. The monoisotopic (exact) mass is 565 g/mol. The lowest BCUT2D eigenvalue weighted by Crippen LogP contribution is -3.00. The minimum Gasteiger partial charge on any atom is -1.00 e. The van der Waals surface area contributed by atoms with Crippen LogP contribution < -0.4 is 12.4 Å². The van der Waals surface area contributed by atoms with E-state index in [4.69, 9.17) is 0 Å². The van der Waals surface area contributed by atoms with Crippen LogP contribution in [0.4, 0.5) is 0 Å². The van der Waals surface area contributed by atoms with Gasteiger partial charge in [0.15, 0.2) is 0 Å². The molecule has 0 heterocycles. The lowest BCUT2D eigenvalue weighted by atomic mass is 10.0. The van der Waals surface area contributed by atoms with Gasteiger partial charge in [-0.05, 0) is 105 Å². The van der Waals surface area contributed by atoms with E-state index in [1.165, 1.54) is 108 Å². The van der Waals surface area contributed by atoms with Gasteiger partial charge in [-0.25, -0.2) is 0 Å². The van der Waals surface area contributed by atoms with Crippen molar-refractivity contribution in [2.45, 2.75) is 181 Å². The fourth-order valence-corrected chi connectivity index (χ4v) is 5.63. The smallest absolute Gasteiger partial charge is 0.0786 e. The Kier molecular flexibility index (Phi) is 28.9. The van der Waals surface area contributed by atoms with Gasteiger partial charge in [-0.2, -0.15) is 0 Å². The van der Waals surface area contributed by atoms with Crippen molar-refractivity contribution in [1.82, 2.24) is 0 Å². The zero-order valence-corrected chi connectivity index (χ0v) is 26.6. The van der Waals surface area contributed by atoms with Crippen LogP contribution in [0.5, 0.6) is 0 Å². The molecule has 0 saturated carbocycles. The number of quaternary nitrogens is 1. The van der Waals surface area contributed by atoms with Gasteiger partial charge in [-0.15, -0.1) is 0 Å². The van der Waals surface area contributed by atoms with Crippen molar-refractivity contribution < 1.29 is 37.3 Å². The third kappa shape index (κ3) is 27.6. The second-order valence-corrected chi connectivity index (χ2v) is 12.4. The Morgan fingerprint density at radius 3 is 0.711 bits per heavy atom. The maximum absolute atomic E-state index is 9.56. The number of unbranched alkanes of at least 4 members (excludes halogenated alkanes) is 12. The van der Waals surface area contributed by atoms with Crippen LogP contribution in [0, 0.1) is 0 Å². The molecule has 0 amide bonds. The number of hydrogen-bond donors (Lipinski definition) is 4. The highest BCUT2D eigenvalue weighted by Crippen LogP contribution is 2.21. The third-order valence-electron chi connectivity index (χ3n) is 8.02. The highest BCUT2D eigenvalue weighted by molar-refractivity contribution is 4.57. The highest BCUT2D eigenvalue weighted by atomic mass is 35.5. The quantitative estimate of drug-likeness (QED) is 0.0849. The summed E-state index contributed by atoms with van der Waals surface area (Å²) in [5.74, 6) is 0. The van der Waals surface area contributed by atoms with E-state index in [1.807, 2.05) is 27.7 Å². The Morgan fingerprint density at radius 2 is 0.526 bits per heavy atom. The third-order valence-corrected chi connectivity index (χ3v) is 8.02. The largest absolute Gasteiger partial charge is 1.00 e. The Hall–Kier alpha value is 0.0900. The van der Waals surface area contributed by atoms with Crippen LogP contribution in [-0.2, 0) is 0 Å². The summed E-state index contributed by atoms with van der Waals surface area (Å²) in [6.45, 7) is 12.7. The van der Waals surface area contributed by atoms with Crippen LogP contribution in [-0.4, -0.2) is 75.5 Å². The van der Waals surface area contributed by atoms with Crippen molar-refractivity contribution in [2.24, 2.45) is 0 Å². The molecule has 38 heavy (non-hydrogen) atoms. The summed E-state index contributed by atoms with van der Waals surface area (Å²) in [4.78, 5) is 0. The fourth-order valence-electron chi connectivity index (χ4n) is 5.63. The summed E-state index contributed by atoms with van der Waals surface area (Å²) < 4.78 is 1.26. The van der Waals surface area contributed by atoms with Crippen LogP contribution in [0.1, 0.15) is 156 Å². The first-order chi connectivity index (χ1) is 17.7. The van der Waals surface area contributed by atoms with Crippen molar-refractivity contribution in [2.75, 3.05) is 26.2 Å². The molecule has 0 aliphatic heterocycles. The van der Waals surface area contributed by atoms with E-state index in [0.717, 1.165) is 51.4 Å². The molecule has 0 aliphatic rings. The SMILES string of the molecule is CC(O)CCCCCC[N+](CCCCCCC(C)O)(CCCCCCC(C)O)CCCCCCC(C)O.[Cl-]. The highest BCUT2D eigenvalue weighted by Gasteiger charge is 2.25. The molecule has 0 aromatic heterocycles. The van der Waals surface area contributed by atoms with Crippen molar-refractivity contribution in [3.63, 3.8) is 0 Å². The van der Waals surface area contributed by atoms with E-state index >= 15 is 0 Å². The molecule has 0 fully saturated rings. The van der Waals surface area contributed by atoms with Gasteiger partial charge in [-0.1, -0.05) is 51.4 Å². The number of aliphatic hydroxyl groups excluding tert-OH is 4. The molecule has 0 aromatic carbocycles. The molecule has 0 bridgehead atoms. The van der Waals surface area contributed by atoms with E-state index in [1.54, 1.807) is 0 Å². The van der Waals surface area contributed by atoms with Crippen LogP contribution in [0.3, 0.4) is 0 Å². The van der Waals surface area contributed by atoms with Crippen LogP contribution in [0.2, 0.25) is 0 Å². The van der Waals surface area contributed by atoms with E-state index in [-0.39, 0.29) is 36.8 Å². The minimum absolute atomic E-state index is 0. The summed E-state index contributed by atoms with van der Waals surface area (Å²) in [5, 5.41) is 38.2.